The molecular weight excluding hydrogens is 344 g/mol. The van der Waals surface area contributed by atoms with Gasteiger partial charge in [-0.25, -0.2) is 8.42 Å². The third kappa shape index (κ3) is 2.47. The van der Waals surface area contributed by atoms with E-state index in [9.17, 15) is 13.5 Å². The van der Waals surface area contributed by atoms with E-state index < -0.39 is 15.6 Å². The first kappa shape index (κ1) is 15.8. The van der Waals surface area contributed by atoms with E-state index in [1.165, 1.54) is 10.4 Å². The van der Waals surface area contributed by atoms with E-state index in [0.717, 1.165) is 0 Å². The van der Waals surface area contributed by atoms with Gasteiger partial charge in [-0.1, -0.05) is 13.8 Å². The Bertz CT molecular complexity index is 637. The molecule has 1 aliphatic rings. The highest BCUT2D eigenvalue weighted by Gasteiger charge is 2.49. The molecule has 0 bridgehead atoms. The van der Waals surface area contributed by atoms with E-state index in [4.69, 9.17) is 5.73 Å². The van der Waals surface area contributed by atoms with Crippen molar-refractivity contribution in [1.29, 1.82) is 0 Å². The van der Waals surface area contributed by atoms with Crippen LogP contribution in [0.5, 0.6) is 0 Å². The standard InChI is InChI=1S/C13H19BrN2O3S/c1-8(2)13(17)6-16(7-13)20(18,19)12-5-11(15)10(14)4-9(12)3/h4-5,8,17H,6-7,15H2,1-3H3. The smallest absolute Gasteiger partial charge is 0.243 e. The molecule has 1 heterocycles. The minimum Gasteiger partial charge on any atom is -0.398 e. The van der Waals surface area contributed by atoms with Crippen molar-refractivity contribution in [3.05, 3.63) is 22.2 Å². The maximum absolute atomic E-state index is 12.6. The van der Waals surface area contributed by atoms with Gasteiger partial charge in [-0.05, 0) is 46.5 Å². The zero-order chi connectivity index (χ0) is 15.3. The van der Waals surface area contributed by atoms with Crippen LogP contribution in [0.3, 0.4) is 0 Å². The van der Waals surface area contributed by atoms with Crippen molar-refractivity contribution < 1.29 is 13.5 Å². The molecule has 1 aromatic carbocycles. The number of hydrogen-bond acceptors (Lipinski definition) is 4. The molecule has 0 radical (unpaired) electrons. The lowest BCUT2D eigenvalue weighted by Gasteiger charge is -2.48. The van der Waals surface area contributed by atoms with Crippen LogP contribution in [0, 0.1) is 12.8 Å². The van der Waals surface area contributed by atoms with Gasteiger partial charge in [0.15, 0.2) is 0 Å². The number of nitrogens with zero attached hydrogens (tertiary/aromatic N) is 1. The highest BCUT2D eigenvalue weighted by atomic mass is 79.9. The van der Waals surface area contributed by atoms with Crippen molar-refractivity contribution in [3.8, 4) is 0 Å². The minimum atomic E-state index is -3.60. The zero-order valence-electron chi connectivity index (χ0n) is 11.7. The summed E-state index contributed by atoms with van der Waals surface area (Å²) >= 11 is 3.28. The first-order valence-corrected chi connectivity index (χ1v) is 8.59. The van der Waals surface area contributed by atoms with Gasteiger partial charge < -0.3 is 10.8 Å². The fourth-order valence-electron chi connectivity index (χ4n) is 2.19. The van der Waals surface area contributed by atoms with E-state index in [-0.39, 0.29) is 23.9 Å². The summed E-state index contributed by atoms with van der Waals surface area (Å²) in [5, 5.41) is 10.2. The third-order valence-electron chi connectivity index (χ3n) is 3.89. The number of aryl methyl sites for hydroxylation is 1. The number of nitrogens with two attached hydrogens (primary N) is 1. The average Bonchev–Trinajstić information content (AvgIpc) is 2.29. The molecule has 7 heteroatoms. The second kappa shape index (κ2) is 4.98. The number of hydrogen-bond donors (Lipinski definition) is 2. The Morgan fingerprint density at radius 2 is 1.95 bits per heavy atom. The Hall–Kier alpha value is -0.630. The Labute approximate surface area is 128 Å². The number of rotatable bonds is 3. The number of nitrogen functional groups attached to an aromatic ring is 1. The predicted octanol–water partition coefficient (Wildman–Crippen LogP) is 1.73. The van der Waals surface area contributed by atoms with Gasteiger partial charge in [0, 0.05) is 23.2 Å². The van der Waals surface area contributed by atoms with Crippen molar-refractivity contribution in [2.24, 2.45) is 5.92 Å². The number of benzene rings is 1. The number of halogens is 1. The van der Waals surface area contributed by atoms with Gasteiger partial charge in [-0.2, -0.15) is 4.31 Å². The fourth-order valence-corrected chi connectivity index (χ4v) is 4.45. The van der Waals surface area contributed by atoms with Gasteiger partial charge >= 0.3 is 0 Å². The van der Waals surface area contributed by atoms with Gasteiger partial charge in [0.1, 0.15) is 0 Å². The molecule has 2 rings (SSSR count). The molecule has 0 aliphatic carbocycles. The minimum absolute atomic E-state index is 0.0186. The first-order valence-electron chi connectivity index (χ1n) is 6.36. The molecule has 0 amide bonds. The van der Waals surface area contributed by atoms with Crippen LogP contribution in [-0.2, 0) is 10.0 Å². The second-order valence-corrected chi connectivity index (χ2v) is 8.43. The van der Waals surface area contributed by atoms with Crippen LogP contribution in [0.1, 0.15) is 19.4 Å². The second-order valence-electron chi connectivity index (χ2n) is 5.67. The number of aliphatic hydroxyl groups is 1. The SMILES string of the molecule is Cc1cc(Br)c(N)cc1S(=O)(=O)N1CC(O)(C(C)C)C1. The Morgan fingerprint density at radius 1 is 1.40 bits per heavy atom. The summed E-state index contributed by atoms with van der Waals surface area (Å²) in [5.74, 6) is 0.0186. The van der Waals surface area contributed by atoms with Crippen LogP contribution in [0.4, 0.5) is 5.69 Å². The summed E-state index contributed by atoms with van der Waals surface area (Å²) in [6.07, 6.45) is 0. The maximum Gasteiger partial charge on any atom is 0.243 e. The molecule has 1 fully saturated rings. The third-order valence-corrected chi connectivity index (χ3v) is 6.51. The van der Waals surface area contributed by atoms with Crippen LogP contribution in [-0.4, -0.2) is 36.5 Å². The summed E-state index contributed by atoms with van der Waals surface area (Å²) in [7, 11) is -3.60. The van der Waals surface area contributed by atoms with Crippen molar-refractivity contribution >= 4 is 31.6 Å². The lowest BCUT2D eigenvalue weighted by atomic mass is 9.85. The van der Waals surface area contributed by atoms with Gasteiger partial charge in [-0.3, -0.25) is 0 Å². The quantitative estimate of drug-likeness (QED) is 0.802. The van der Waals surface area contributed by atoms with Gasteiger partial charge in [0.2, 0.25) is 10.0 Å². The molecule has 112 valence electrons. The molecule has 0 aromatic heterocycles. The Morgan fingerprint density at radius 3 is 2.45 bits per heavy atom. The van der Waals surface area contributed by atoms with Crippen molar-refractivity contribution in [2.45, 2.75) is 31.3 Å². The van der Waals surface area contributed by atoms with Gasteiger partial charge in [0.25, 0.3) is 0 Å². The molecule has 0 atom stereocenters. The first-order chi connectivity index (χ1) is 9.08. The van der Waals surface area contributed by atoms with Crippen molar-refractivity contribution in [2.75, 3.05) is 18.8 Å². The van der Waals surface area contributed by atoms with Gasteiger partial charge in [0.05, 0.1) is 10.5 Å². The van der Waals surface area contributed by atoms with E-state index in [1.54, 1.807) is 13.0 Å². The Kier molecular flexibility index (Phi) is 3.92. The van der Waals surface area contributed by atoms with Crippen LogP contribution >= 0.6 is 15.9 Å². The van der Waals surface area contributed by atoms with Crippen molar-refractivity contribution in [1.82, 2.24) is 4.31 Å². The summed E-state index contributed by atoms with van der Waals surface area (Å²) in [6.45, 7) is 5.75. The van der Waals surface area contributed by atoms with Gasteiger partial charge in [-0.15, -0.1) is 0 Å². The normalized spacial score (nSPS) is 19.1. The summed E-state index contributed by atoms with van der Waals surface area (Å²) in [4.78, 5) is 0.198. The number of β-amino-alcohol motifs (C(OH)–C–C–N with tert-alkyl or cyclic N) is 1. The largest absolute Gasteiger partial charge is 0.398 e. The number of sulfonamides is 1. The summed E-state index contributed by atoms with van der Waals surface area (Å²) in [5.41, 5.74) is 5.85. The summed E-state index contributed by atoms with van der Waals surface area (Å²) in [6, 6.07) is 3.15. The monoisotopic (exact) mass is 362 g/mol. The highest BCUT2D eigenvalue weighted by molar-refractivity contribution is 9.10. The van der Waals surface area contributed by atoms with E-state index >= 15 is 0 Å². The highest BCUT2D eigenvalue weighted by Crippen LogP contribution is 2.35. The zero-order valence-corrected chi connectivity index (χ0v) is 14.1. The fraction of sp³-hybridized carbons (Fsp3) is 0.538. The van der Waals surface area contributed by atoms with E-state index in [2.05, 4.69) is 15.9 Å². The molecule has 0 unspecified atom stereocenters. The molecule has 5 nitrogen and oxygen atoms in total. The van der Waals surface area contributed by atoms with Crippen molar-refractivity contribution in [3.63, 3.8) is 0 Å². The summed E-state index contributed by atoms with van der Waals surface area (Å²) < 4.78 is 27.1. The van der Waals surface area contributed by atoms with E-state index in [1.807, 2.05) is 13.8 Å². The molecule has 20 heavy (non-hydrogen) atoms. The topological polar surface area (TPSA) is 83.6 Å². The molecule has 3 N–H and O–H groups in total. The lowest BCUT2D eigenvalue weighted by molar-refractivity contribution is -0.0932. The Balaban J connectivity index is 2.32. The van der Waals surface area contributed by atoms with Crippen LogP contribution in [0.25, 0.3) is 0 Å². The van der Waals surface area contributed by atoms with Crippen LogP contribution in [0.2, 0.25) is 0 Å². The predicted molar refractivity (Wildman–Crippen MR) is 81.8 cm³/mol. The molecule has 0 saturated carbocycles. The molecule has 1 aliphatic heterocycles. The number of anilines is 1. The van der Waals surface area contributed by atoms with E-state index in [0.29, 0.717) is 15.7 Å². The average molecular weight is 363 g/mol. The lowest BCUT2D eigenvalue weighted by Crippen LogP contribution is -2.65. The van der Waals surface area contributed by atoms with Crippen LogP contribution in [0.15, 0.2) is 21.5 Å². The molecule has 1 saturated heterocycles. The van der Waals surface area contributed by atoms with Crippen LogP contribution < -0.4 is 5.73 Å². The molecule has 1 aromatic rings. The molecule has 0 spiro atoms. The maximum atomic E-state index is 12.6. The molecular formula is C13H19BrN2O3S.